The molecule has 1 heterocycles. The van der Waals surface area contributed by atoms with Gasteiger partial charge in [-0.25, -0.2) is 10.3 Å². The number of benzene rings is 1. The molecule has 1 aromatic carbocycles. The van der Waals surface area contributed by atoms with Crippen LogP contribution in [0.25, 0.3) is 11.1 Å². The zero-order valence-corrected chi connectivity index (χ0v) is 9.83. The summed E-state index contributed by atoms with van der Waals surface area (Å²) in [7, 11) is 0. The van der Waals surface area contributed by atoms with Gasteiger partial charge in [-0.2, -0.15) is 0 Å². The summed E-state index contributed by atoms with van der Waals surface area (Å²) in [5.74, 6) is -1.75. The van der Waals surface area contributed by atoms with E-state index < -0.39 is 18.5 Å². The summed E-state index contributed by atoms with van der Waals surface area (Å²) in [6, 6.07) is 10.9. The van der Waals surface area contributed by atoms with Crippen LogP contribution in [0.15, 0.2) is 47.1 Å². The third-order valence-electron chi connectivity index (χ3n) is 2.32. The molecule has 1 amide bonds. The first-order valence-corrected chi connectivity index (χ1v) is 5.45. The second-order valence-electron chi connectivity index (χ2n) is 3.64. The van der Waals surface area contributed by atoms with Gasteiger partial charge in [0, 0.05) is 5.56 Å². The topological polar surface area (TPSA) is 88.8 Å². The third kappa shape index (κ3) is 3.20. The Labute approximate surface area is 108 Å². The minimum Gasteiger partial charge on any atom is -0.479 e. The van der Waals surface area contributed by atoms with Crippen molar-refractivity contribution >= 4 is 11.9 Å². The molecule has 0 saturated carbocycles. The van der Waals surface area contributed by atoms with Gasteiger partial charge >= 0.3 is 11.9 Å². The number of amides is 1. The number of carbonyl (C=O) groups is 2. The van der Waals surface area contributed by atoms with Gasteiger partial charge in [0.15, 0.2) is 6.61 Å². The summed E-state index contributed by atoms with van der Waals surface area (Å²) in [5.41, 5.74) is 3.44. The Hall–Kier alpha value is -2.60. The number of carbonyl (C=O) groups excluding carboxylic acids is 1. The number of hydrogen-bond acceptors (Lipinski definition) is 4. The molecule has 19 heavy (non-hydrogen) atoms. The van der Waals surface area contributed by atoms with Crippen molar-refractivity contribution < 1.29 is 24.0 Å². The molecule has 0 atom stereocenters. The lowest BCUT2D eigenvalue weighted by Gasteiger charge is -2.04. The second-order valence-corrected chi connectivity index (χ2v) is 3.64. The van der Waals surface area contributed by atoms with Crippen LogP contribution in [0.2, 0.25) is 0 Å². The molecule has 0 saturated heterocycles. The maximum atomic E-state index is 11.8. The van der Waals surface area contributed by atoms with E-state index in [4.69, 9.17) is 9.52 Å². The van der Waals surface area contributed by atoms with Gasteiger partial charge in [-0.1, -0.05) is 30.3 Å². The van der Waals surface area contributed by atoms with Crippen molar-refractivity contribution in [3.8, 4) is 11.1 Å². The first-order valence-electron chi connectivity index (χ1n) is 5.45. The van der Waals surface area contributed by atoms with Gasteiger partial charge in [-0.05, 0) is 11.6 Å². The predicted octanol–water partition coefficient (Wildman–Crippen LogP) is 1.69. The molecule has 0 aliphatic heterocycles. The monoisotopic (exact) mass is 261 g/mol. The Kier molecular flexibility index (Phi) is 3.94. The Morgan fingerprint density at radius 3 is 2.63 bits per heavy atom. The summed E-state index contributed by atoms with van der Waals surface area (Å²) in [4.78, 5) is 26.5. The number of aliphatic carboxylic acids is 1. The zero-order chi connectivity index (χ0) is 13.7. The minimum absolute atomic E-state index is 0.0663. The Balaban J connectivity index is 2.11. The summed E-state index contributed by atoms with van der Waals surface area (Å²) < 4.78 is 5.10. The molecule has 0 fully saturated rings. The summed E-state index contributed by atoms with van der Waals surface area (Å²) >= 11 is 0. The summed E-state index contributed by atoms with van der Waals surface area (Å²) in [5, 5.41) is 8.39. The van der Waals surface area contributed by atoms with E-state index >= 15 is 0 Å². The van der Waals surface area contributed by atoms with Crippen molar-refractivity contribution in [2.75, 3.05) is 6.61 Å². The average molecular weight is 261 g/mol. The lowest BCUT2D eigenvalue weighted by molar-refractivity contribution is -0.144. The second kappa shape index (κ2) is 5.83. The molecule has 0 unspecified atom stereocenters. The van der Waals surface area contributed by atoms with E-state index in [1.165, 1.54) is 6.26 Å². The molecular weight excluding hydrogens is 250 g/mol. The number of carboxylic acids is 1. The quantitative estimate of drug-likeness (QED) is 0.799. The molecule has 0 aliphatic carbocycles. The lowest BCUT2D eigenvalue weighted by Crippen LogP contribution is -2.26. The maximum absolute atomic E-state index is 11.8. The van der Waals surface area contributed by atoms with E-state index in [2.05, 4.69) is 4.84 Å². The van der Waals surface area contributed by atoms with Gasteiger partial charge in [0.2, 0.25) is 5.76 Å². The molecule has 1 aromatic heterocycles. The molecular formula is C13H11NO5. The smallest absolute Gasteiger partial charge is 0.332 e. The zero-order valence-electron chi connectivity index (χ0n) is 9.83. The maximum Gasteiger partial charge on any atom is 0.332 e. The van der Waals surface area contributed by atoms with Crippen molar-refractivity contribution in [1.82, 2.24) is 5.48 Å². The lowest BCUT2D eigenvalue weighted by atomic mass is 10.1. The number of carboxylic acid groups (broad SMARTS) is 1. The first-order chi connectivity index (χ1) is 9.18. The normalized spacial score (nSPS) is 10.1. The SMILES string of the molecule is O=C(O)CONC(=O)c1occc1-c1ccccc1. The van der Waals surface area contributed by atoms with E-state index in [9.17, 15) is 9.59 Å². The van der Waals surface area contributed by atoms with Crippen molar-refractivity contribution in [3.63, 3.8) is 0 Å². The van der Waals surface area contributed by atoms with E-state index in [0.717, 1.165) is 5.56 Å². The molecule has 6 nitrogen and oxygen atoms in total. The van der Waals surface area contributed by atoms with Gasteiger partial charge in [0.25, 0.3) is 0 Å². The standard InChI is InChI=1S/C13H11NO5/c15-11(16)8-19-14-13(17)12-10(6-7-18-12)9-4-2-1-3-5-9/h1-7H,8H2,(H,14,17)(H,15,16). The van der Waals surface area contributed by atoms with E-state index in [0.29, 0.717) is 5.56 Å². The number of rotatable bonds is 5. The number of furan rings is 1. The Bertz CT molecular complexity index is 576. The third-order valence-corrected chi connectivity index (χ3v) is 2.32. The van der Waals surface area contributed by atoms with E-state index in [-0.39, 0.29) is 5.76 Å². The molecule has 0 aliphatic rings. The number of hydrogen-bond donors (Lipinski definition) is 2. The van der Waals surface area contributed by atoms with Gasteiger partial charge in [0.1, 0.15) is 0 Å². The highest BCUT2D eigenvalue weighted by molar-refractivity contribution is 5.97. The van der Waals surface area contributed by atoms with Crippen molar-refractivity contribution in [2.45, 2.75) is 0 Å². The summed E-state index contributed by atoms with van der Waals surface area (Å²) in [6.07, 6.45) is 1.38. The fourth-order valence-corrected chi connectivity index (χ4v) is 1.54. The molecule has 2 aromatic rings. The van der Waals surface area contributed by atoms with Crippen LogP contribution in [0.4, 0.5) is 0 Å². The molecule has 0 radical (unpaired) electrons. The van der Waals surface area contributed by atoms with Crippen LogP contribution in [0.1, 0.15) is 10.6 Å². The highest BCUT2D eigenvalue weighted by Crippen LogP contribution is 2.24. The molecule has 0 bridgehead atoms. The van der Waals surface area contributed by atoms with Crippen LogP contribution >= 0.6 is 0 Å². The van der Waals surface area contributed by atoms with Crippen LogP contribution in [0.3, 0.4) is 0 Å². The predicted molar refractivity (Wildman–Crippen MR) is 65.2 cm³/mol. The van der Waals surface area contributed by atoms with Gasteiger partial charge in [0.05, 0.1) is 6.26 Å². The van der Waals surface area contributed by atoms with Crippen LogP contribution in [0, 0.1) is 0 Å². The molecule has 0 spiro atoms. The van der Waals surface area contributed by atoms with Crippen LogP contribution in [0.5, 0.6) is 0 Å². The largest absolute Gasteiger partial charge is 0.479 e. The van der Waals surface area contributed by atoms with Gasteiger partial charge < -0.3 is 9.52 Å². The Morgan fingerprint density at radius 1 is 1.21 bits per heavy atom. The Morgan fingerprint density at radius 2 is 1.95 bits per heavy atom. The van der Waals surface area contributed by atoms with Crippen molar-refractivity contribution in [2.24, 2.45) is 0 Å². The molecule has 98 valence electrons. The number of hydroxylamine groups is 1. The minimum atomic E-state index is -1.18. The van der Waals surface area contributed by atoms with Gasteiger partial charge in [-0.3, -0.25) is 9.63 Å². The molecule has 2 N–H and O–H groups in total. The van der Waals surface area contributed by atoms with Crippen LogP contribution < -0.4 is 5.48 Å². The van der Waals surface area contributed by atoms with Crippen LogP contribution in [-0.4, -0.2) is 23.6 Å². The van der Waals surface area contributed by atoms with Crippen molar-refractivity contribution in [1.29, 1.82) is 0 Å². The van der Waals surface area contributed by atoms with Crippen LogP contribution in [-0.2, 0) is 9.63 Å². The van der Waals surface area contributed by atoms with E-state index in [1.54, 1.807) is 6.07 Å². The summed E-state index contributed by atoms with van der Waals surface area (Å²) in [6.45, 7) is -0.618. The van der Waals surface area contributed by atoms with Gasteiger partial charge in [-0.15, -0.1) is 0 Å². The number of nitrogens with one attached hydrogen (secondary N) is 1. The fourth-order valence-electron chi connectivity index (χ4n) is 1.54. The fraction of sp³-hybridized carbons (Fsp3) is 0.0769. The first kappa shape index (κ1) is 12.8. The highest BCUT2D eigenvalue weighted by Gasteiger charge is 2.16. The van der Waals surface area contributed by atoms with Crippen molar-refractivity contribution in [3.05, 3.63) is 48.4 Å². The average Bonchev–Trinajstić information content (AvgIpc) is 2.88. The van der Waals surface area contributed by atoms with E-state index in [1.807, 2.05) is 35.8 Å². The molecule has 6 heteroatoms. The highest BCUT2D eigenvalue weighted by atomic mass is 16.7. The molecule has 2 rings (SSSR count).